The summed E-state index contributed by atoms with van der Waals surface area (Å²) in [6.07, 6.45) is 5.87. The van der Waals surface area contributed by atoms with Crippen LogP contribution in [0, 0.1) is 5.41 Å². The first-order valence-corrected chi connectivity index (χ1v) is 8.19. The molecule has 1 atom stereocenters. The van der Waals surface area contributed by atoms with E-state index >= 15 is 0 Å². The van der Waals surface area contributed by atoms with Gasteiger partial charge in [-0.25, -0.2) is 4.98 Å². The van der Waals surface area contributed by atoms with Crippen molar-refractivity contribution >= 4 is 5.91 Å². The molecule has 0 aliphatic carbocycles. The highest BCUT2D eigenvalue weighted by molar-refractivity contribution is 5.83. The van der Waals surface area contributed by atoms with E-state index in [1.165, 1.54) is 0 Å². The number of aryl methyl sites for hydroxylation is 1. The predicted molar refractivity (Wildman–Crippen MR) is 83.1 cm³/mol. The molecule has 1 aromatic rings. The van der Waals surface area contributed by atoms with E-state index in [0.717, 1.165) is 44.7 Å². The van der Waals surface area contributed by atoms with Crippen LogP contribution in [0.3, 0.4) is 0 Å². The highest BCUT2D eigenvalue weighted by Gasteiger charge is 2.47. The molecule has 3 heterocycles. The van der Waals surface area contributed by atoms with Gasteiger partial charge in [0.05, 0.1) is 23.5 Å². The van der Waals surface area contributed by atoms with Crippen LogP contribution in [0.25, 0.3) is 0 Å². The molecule has 0 bridgehead atoms. The van der Waals surface area contributed by atoms with Gasteiger partial charge in [0, 0.05) is 32.9 Å². The summed E-state index contributed by atoms with van der Waals surface area (Å²) in [6.45, 7) is 6.15. The van der Waals surface area contributed by atoms with Crippen LogP contribution in [0.2, 0.25) is 0 Å². The smallest absolute Gasteiger partial charge is 0.228 e. The summed E-state index contributed by atoms with van der Waals surface area (Å²) in [7, 11) is 1.80. The van der Waals surface area contributed by atoms with E-state index in [-0.39, 0.29) is 17.4 Å². The van der Waals surface area contributed by atoms with Crippen molar-refractivity contribution in [2.45, 2.75) is 45.4 Å². The summed E-state index contributed by atoms with van der Waals surface area (Å²) in [4.78, 5) is 21.0. The molecule has 6 nitrogen and oxygen atoms in total. The largest absolute Gasteiger partial charge is 0.391 e. The SMILES string of the molecule is CCn1cnc(CN2CCC3(CC2)CC(O)CN(C)C3=O)c1. The predicted octanol–water partition coefficient (Wildman–Crippen LogP) is 0.708. The Bertz CT molecular complexity index is 534. The third kappa shape index (κ3) is 2.90. The third-order valence-electron chi connectivity index (χ3n) is 5.16. The van der Waals surface area contributed by atoms with Gasteiger partial charge in [-0.3, -0.25) is 9.69 Å². The number of carbonyl (C=O) groups is 1. The van der Waals surface area contributed by atoms with E-state index in [1.54, 1.807) is 11.9 Å². The zero-order valence-electron chi connectivity index (χ0n) is 13.5. The van der Waals surface area contributed by atoms with Crippen LogP contribution in [0.15, 0.2) is 12.5 Å². The van der Waals surface area contributed by atoms with Crippen LogP contribution in [-0.4, -0.2) is 63.2 Å². The van der Waals surface area contributed by atoms with Gasteiger partial charge in [-0.15, -0.1) is 0 Å². The maximum atomic E-state index is 12.5. The number of piperidine rings is 2. The molecule has 0 aromatic carbocycles. The van der Waals surface area contributed by atoms with E-state index in [9.17, 15) is 9.90 Å². The first-order chi connectivity index (χ1) is 10.5. The minimum absolute atomic E-state index is 0.215. The second-order valence-electron chi connectivity index (χ2n) is 6.80. The first-order valence-electron chi connectivity index (χ1n) is 8.19. The molecule has 1 N–H and O–H groups in total. The topological polar surface area (TPSA) is 61.6 Å². The standard InChI is InChI=1S/C16H26N4O2/c1-3-19-9-13(17-12-19)10-20-6-4-16(5-7-20)8-14(21)11-18(2)15(16)22/h9,12,14,21H,3-8,10-11H2,1-2H3. The lowest BCUT2D eigenvalue weighted by atomic mass is 9.71. The number of aliphatic hydroxyl groups excluding tert-OH is 1. The van der Waals surface area contributed by atoms with Crippen molar-refractivity contribution in [2.75, 3.05) is 26.7 Å². The molecule has 1 aromatic heterocycles. The third-order valence-corrected chi connectivity index (χ3v) is 5.16. The number of aromatic nitrogens is 2. The molecule has 0 radical (unpaired) electrons. The number of aliphatic hydroxyl groups is 1. The van der Waals surface area contributed by atoms with Crippen LogP contribution >= 0.6 is 0 Å². The lowest BCUT2D eigenvalue weighted by molar-refractivity contribution is -0.154. The number of likely N-dealkylation sites (tertiary alicyclic amines) is 2. The van der Waals surface area contributed by atoms with Gasteiger partial charge < -0.3 is 14.6 Å². The molecule has 1 unspecified atom stereocenters. The number of nitrogens with zero attached hydrogens (tertiary/aromatic N) is 4. The van der Waals surface area contributed by atoms with Crippen molar-refractivity contribution in [3.8, 4) is 0 Å². The summed E-state index contributed by atoms with van der Waals surface area (Å²) < 4.78 is 2.08. The number of hydrogen-bond acceptors (Lipinski definition) is 4. The fourth-order valence-electron chi connectivity index (χ4n) is 3.85. The Kier molecular flexibility index (Phi) is 4.23. The van der Waals surface area contributed by atoms with E-state index in [4.69, 9.17) is 0 Å². The summed E-state index contributed by atoms with van der Waals surface area (Å²) in [6, 6.07) is 0. The normalized spacial score (nSPS) is 25.9. The highest BCUT2D eigenvalue weighted by atomic mass is 16.3. The van der Waals surface area contributed by atoms with Gasteiger partial charge in [0.2, 0.25) is 5.91 Å². The van der Waals surface area contributed by atoms with Gasteiger partial charge in [0.1, 0.15) is 0 Å². The summed E-state index contributed by atoms with van der Waals surface area (Å²) in [5.41, 5.74) is 0.746. The zero-order valence-corrected chi connectivity index (χ0v) is 13.5. The number of hydrogen-bond donors (Lipinski definition) is 1. The molecular weight excluding hydrogens is 280 g/mol. The van der Waals surface area contributed by atoms with E-state index in [0.29, 0.717) is 13.0 Å². The summed E-state index contributed by atoms with van der Waals surface area (Å²) in [5, 5.41) is 10.0. The quantitative estimate of drug-likeness (QED) is 0.893. The molecule has 3 rings (SSSR count). The van der Waals surface area contributed by atoms with Crippen LogP contribution in [-0.2, 0) is 17.9 Å². The highest BCUT2D eigenvalue weighted by Crippen LogP contribution is 2.40. The Labute approximate surface area is 131 Å². The van der Waals surface area contributed by atoms with Crippen LogP contribution in [0.4, 0.5) is 0 Å². The lowest BCUT2D eigenvalue weighted by Gasteiger charge is -2.46. The first kappa shape index (κ1) is 15.5. The number of rotatable bonds is 3. The fraction of sp³-hybridized carbons (Fsp3) is 0.750. The number of β-amino-alcohol motifs (C(OH)–C–C–N with tert-alkyl or cyclic N) is 1. The Balaban J connectivity index is 1.60. The molecule has 2 fully saturated rings. The molecule has 22 heavy (non-hydrogen) atoms. The van der Waals surface area contributed by atoms with Crippen LogP contribution in [0.1, 0.15) is 31.9 Å². The van der Waals surface area contributed by atoms with E-state index in [2.05, 4.69) is 27.6 Å². The van der Waals surface area contributed by atoms with Crippen molar-refractivity contribution in [3.63, 3.8) is 0 Å². The Morgan fingerprint density at radius 3 is 2.77 bits per heavy atom. The Hall–Kier alpha value is -1.40. The Morgan fingerprint density at radius 2 is 2.14 bits per heavy atom. The fourth-order valence-corrected chi connectivity index (χ4v) is 3.85. The van der Waals surface area contributed by atoms with Crippen molar-refractivity contribution < 1.29 is 9.90 Å². The average molecular weight is 306 g/mol. The van der Waals surface area contributed by atoms with Crippen LogP contribution in [0.5, 0.6) is 0 Å². The molecule has 2 aliphatic heterocycles. The van der Waals surface area contributed by atoms with Crippen LogP contribution < -0.4 is 0 Å². The summed E-state index contributed by atoms with van der Waals surface area (Å²) >= 11 is 0. The molecule has 2 aliphatic rings. The zero-order chi connectivity index (χ0) is 15.7. The second kappa shape index (κ2) is 6.01. The monoisotopic (exact) mass is 306 g/mol. The maximum Gasteiger partial charge on any atom is 0.228 e. The van der Waals surface area contributed by atoms with Gasteiger partial charge in [-0.2, -0.15) is 0 Å². The maximum absolute atomic E-state index is 12.5. The molecule has 2 saturated heterocycles. The van der Waals surface area contributed by atoms with Crippen molar-refractivity contribution in [3.05, 3.63) is 18.2 Å². The molecular formula is C16H26N4O2. The minimum atomic E-state index is -0.380. The molecule has 0 saturated carbocycles. The molecule has 122 valence electrons. The van der Waals surface area contributed by atoms with Gasteiger partial charge in [-0.1, -0.05) is 0 Å². The number of carbonyl (C=O) groups excluding carboxylic acids is 1. The number of amides is 1. The molecule has 1 amide bonds. The van der Waals surface area contributed by atoms with Crippen molar-refractivity contribution in [2.24, 2.45) is 5.41 Å². The molecule has 1 spiro atoms. The number of imidazole rings is 1. The molecule has 6 heteroatoms. The summed E-state index contributed by atoms with van der Waals surface area (Å²) in [5.74, 6) is 0.215. The minimum Gasteiger partial charge on any atom is -0.391 e. The second-order valence-corrected chi connectivity index (χ2v) is 6.80. The van der Waals surface area contributed by atoms with Gasteiger partial charge in [-0.05, 0) is 39.3 Å². The van der Waals surface area contributed by atoms with Crippen molar-refractivity contribution in [1.29, 1.82) is 0 Å². The van der Waals surface area contributed by atoms with E-state index < -0.39 is 0 Å². The number of likely N-dealkylation sites (N-methyl/N-ethyl adjacent to an activating group) is 1. The van der Waals surface area contributed by atoms with E-state index in [1.807, 2.05) is 6.33 Å². The van der Waals surface area contributed by atoms with Crippen molar-refractivity contribution in [1.82, 2.24) is 19.4 Å². The van der Waals surface area contributed by atoms with Gasteiger partial charge >= 0.3 is 0 Å². The van der Waals surface area contributed by atoms with Gasteiger partial charge in [0.15, 0.2) is 0 Å². The Morgan fingerprint density at radius 1 is 1.41 bits per heavy atom. The van der Waals surface area contributed by atoms with Gasteiger partial charge in [0.25, 0.3) is 0 Å². The lowest BCUT2D eigenvalue weighted by Crippen LogP contribution is -2.56. The average Bonchev–Trinajstić information content (AvgIpc) is 2.95.